The van der Waals surface area contributed by atoms with E-state index in [0.717, 1.165) is 28.5 Å². The minimum Gasteiger partial charge on any atom is -0.467 e. The van der Waals surface area contributed by atoms with Gasteiger partial charge in [-0.05, 0) is 31.2 Å². The first-order chi connectivity index (χ1) is 11.2. The fourth-order valence-electron chi connectivity index (χ4n) is 2.20. The van der Waals surface area contributed by atoms with Gasteiger partial charge in [0.05, 0.1) is 25.5 Å². The predicted octanol–water partition coefficient (Wildman–Crippen LogP) is 2.40. The molecule has 0 aromatic carbocycles. The number of aromatic nitrogens is 2. The number of hydrogen-bond acceptors (Lipinski definition) is 5. The molecule has 0 saturated heterocycles. The van der Waals surface area contributed by atoms with Crippen molar-refractivity contribution in [2.75, 3.05) is 6.54 Å². The average molecular weight is 351 g/mol. The lowest BCUT2D eigenvalue weighted by Gasteiger charge is -2.05. The number of carbonyl (C=O) groups is 1. The summed E-state index contributed by atoms with van der Waals surface area (Å²) in [6, 6.07) is 7.39. The SMILES string of the molecule is Cc1ccc(-c2[nH]ncc2CNCC(=O)NCc2ccco2)o1.Cl. The lowest BCUT2D eigenvalue weighted by molar-refractivity contribution is -0.120. The molecular weight excluding hydrogens is 332 g/mol. The Balaban J connectivity index is 0.00000208. The van der Waals surface area contributed by atoms with Crippen molar-refractivity contribution < 1.29 is 13.6 Å². The Hall–Kier alpha value is -2.51. The van der Waals surface area contributed by atoms with Gasteiger partial charge in [0, 0.05) is 12.1 Å². The Bertz CT molecular complexity index is 764. The molecule has 0 spiro atoms. The minimum atomic E-state index is -0.0970. The van der Waals surface area contributed by atoms with Gasteiger partial charge in [-0.25, -0.2) is 0 Å². The molecule has 0 radical (unpaired) electrons. The molecule has 0 aliphatic heterocycles. The number of rotatable bonds is 7. The third-order valence-corrected chi connectivity index (χ3v) is 3.35. The van der Waals surface area contributed by atoms with Gasteiger partial charge in [-0.1, -0.05) is 0 Å². The Labute approximate surface area is 145 Å². The van der Waals surface area contributed by atoms with Crippen molar-refractivity contribution in [1.82, 2.24) is 20.8 Å². The summed E-state index contributed by atoms with van der Waals surface area (Å²) >= 11 is 0. The van der Waals surface area contributed by atoms with E-state index in [1.807, 2.05) is 25.1 Å². The highest BCUT2D eigenvalue weighted by Gasteiger charge is 2.11. The molecule has 24 heavy (non-hydrogen) atoms. The zero-order valence-electron chi connectivity index (χ0n) is 13.2. The second-order valence-corrected chi connectivity index (χ2v) is 5.14. The molecule has 3 N–H and O–H groups in total. The Morgan fingerprint density at radius 1 is 1.29 bits per heavy atom. The fourth-order valence-corrected chi connectivity index (χ4v) is 2.20. The quantitative estimate of drug-likeness (QED) is 0.608. The van der Waals surface area contributed by atoms with Gasteiger partial charge in [0.25, 0.3) is 0 Å². The number of aryl methyl sites for hydroxylation is 1. The molecular formula is C16H19ClN4O3. The normalized spacial score (nSPS) is 10.4. The molecule has 0 aliphatic rings. The summed E-state index contributed by atoms with van der Waals surface area (Å²) in [7, 11) is 0. The molecule has 0 bridgehead atoms. The van der Waals surface area contributed by atoms with Crippen LogP contribution in [0, 0.1) is 6.92 Å². The molecule has 3 rings (SSSR count). The Morgan fingerprint density at radius 2 is 2.17 bits per heavy atom. The van der Waals surface area contributed by atoms with Crippen LogP contribution < -0.4 is 10.6 Å². The van der Waals surface area contributed by atoms with Gasteiger partial charge in [0.2, 0.25) is 5.91 Å². The molecule has 0 unspecified atom stereocenters. The van der Waals surface area contributed by atoms with Crippen molar-refractivity contribution in [3.63, 3.8) is 0 Å². The lowest BCUT2D eigenvalue weighted by Crippen LogP contribution is -2.33. The number of furan rings is 2. The standard InChI is InChI=1S/C16H18N4O3.ClH/c1-11-4-5-14(23-11)16-12(8-19-20-16)7-17-10-15(21)18-9-13-3-2-6-22-13;/h2-6,8,17H,7,9-10H2,1H3,(H,18,21)(H,19,20);1H. The molecule has 0 atom stereocenters. The van der Waals surface area contributed by atoms with Crippen LogP contribution in [0.4, 0.5) is 0 Å². The summed E-state index contributed by atoms with van der Waals surface area (Å²) in [6.07, 6.45) is 3.30. The molecule has 7 nitrogen and oxygen atoms in total. The van der Waals surface area contributed by atoms with Gasteiger partial charge in [0.1, 0.15) is 17.2 Å². The zero-order valence-corrected chi connectivity index (χ0v) is 14.0. The van der Waals surface area contributed by atoms with Crippen molar-refractivity contribution >= 4 is 18.3 Å². The van der Waals surface area contributed by atoms with Gasteiger partial charge >= 0.3 is 0 Å². The number of amides is 1. The van der Waals surface area contributed by atoms with Crippen molar-refractivity contribution in [3.05, 3.63) is 53.8 Å². The topological polar surface area (TPSA) is 96.1 Å². The van der Waals surface area contributed by atoms with E-state index in [0.29, 0.717) is 13.1 Å². The molecule has 0 aliphatic carbocycles. The van der Waals surface area contributed by atoms with Crippen molar-refractivity contribution in [2.45, 2.75) is 20.0 Å². The van der Waals surface area contributed by atoms with Crippen LogP contribution in [0.15, 0.2) is 45.6 Å². The van der Waals surface area contributed by atoms with Crippen molar-refractivity contribution in [2.24, 2.45) is 0 Å². The largest absolute Gasteiger partial charge is 0.467 e. The van der Waals surface area contributed by atoms with Crippen LogP contribution in [-0.2, 0) is 17.9 Å². The van der Waals surface area contributed by atoms with Gasteiger partial charge in [0.15, 0.2) is 5.76 Å². The van der Waals surface area contributed by atoms with Gasteiger partial charge in [-0.15, -0.1) is 12.4 Å². The van der Waals surface area contributed by atoms with E-state index in [1.165, 1.54) is 0 Å². The molecule has 0 saturated carbocycles. The van der Waals surface area contributed by atoms with E-state index < -0.39 is 0 Å². The third-order valence-electron chi connectivity index (χ3n) is 3.35. The molecule has 1 amide bonds. The maximum Gasteiger partial charge on any atom is 0.234 e. The number of hydrogen-bond donors (Lipinski definition) is 3. The van der Waals surface area contributed by atoms with Crippen LogP contribution in [-0.4, -0.2) is 22.6 Å². The number of carbonyl (C=O) groups excluding carboxylic acids is 1. The molecule has 3 aromatic rings. The molecule has 128 valence electrons. The maximum atomic E-state index is 11.8. The number of halogens is 1. The number of nitrogens with one attached hydrogen (secondary N) is 3. The minimum absolute atomic E-state index is 0. The number of aromatic amines is 1. The smallest absolute Gasteiger partial charge is 0.234 e. The highest BCUT2D eigenvalue weighted by molar-refractivity contribution is 5.85. The second-order valence-electron chi connectivity index (χ2n) is 5.14. The first-order valence-corrected chi connectivity index (χ1v) is 7.31. The van der Waals surface area contributed by atoms with Crippen LogP contribution in [0.1, 0.15) is 17.1 Å². The summed E-state index contributed by atoms with van der Waals surface area (Å²) in [5, 5.41) is 12.8. The van der Waals surface area contributed by atoms with E-state index >= 15 is 0 Å². The zero-order chi connectivity index (χ0) is 16.1. The fraction of sp³-hybridized carbons (Fsp3) is 0.250. The van der Waals surface area contributed by atoms with Gasteiger partial charge < -0.3 is 19.5 Å². The first-order valence-electron chi connectivity index (χ1n) is 7.31. The van der Waals surface area contributed by atoms with E-state index in [-0.39, 0.29) is 24.9 Å². The van der Waals surface area contributed by atoms with Gasteiger partial charge in [-0.3, -0.25) is 9.89 Å². The lowest BCUT2D eigenvalue weighted by atomic mass is 10.2. The van der Waals surface area contributed by atoms with Crippen LogP contribution in [0.3, 0.4) is 0 Å². The second kappa shape index (κ2) is 8.37. The Kier molecular flexibility index (Phi) is 6.22. The van der Waals surface area contributed by atoms with Crippen LogP contribution in [0.25, 0.3) is 11.5 Å². The summed E-state index contributed by atoms with van der Waals surface area (Å²) < 4.78 is 10.7. The first kappa shape index (κ1) is 17.8. The summed E-state index contributed by atoms with van der Waals surface area (Å²) in [5.41, 5.74) is 1.76. The number of H-pyrrole nitrogens is 1. The van der Waals surface area contributed by atoms with E-state index in [2.05, 4.69) is 20.8 Å². The van der Waals surface area contributed by atoms with Crippen LogP contribution in [0.5, 0.6) is 0 Å². The van der Waals surface area contributed by atoms with Crippen molar-refractivity contribution in [3.8, 4) is 11.5 Å². The highest BCUT2D eigenvalue weighted by Crippen LogP contribution is 2.23. The summed E-state index contributed by atoms with van der Waals surface area (Å²) in [6.45, 7) is 3.00. The molecule has 8 heteroatoms. The van der Waals surface area contributed by atoms with E-state index in [1.54, 1.807) is 18.5 Å². The predicted molar refractivity (Wildman–Crippen MR) is 90.5 cm³/mol. The van der Waals surface area contributed by atoms with E-state index in [9.17, 15) is 4.79 Å². The average Bonchev–Trinajstić information content (AvgIpc) is 3.26. The summed E-state index contributed by atoms with van der Waals surface area (Å²) in [4.78, 5) is 11.8. The van der Waals surface area contributed by atoms with Crippen LogP contribution >= 0.6 is 12.4 Å². The van der Waals surface area contributed by atoms with Gasteiger partial charge in [-0.2, -0.15) is 5.10 Å². The Morgan fingerprint density at radius 3 is 2.88 bits per heavy atom. The molecule has 3 aromatic heterocycles. The monoisotopic (exact) mass is 350 g/mol. The number of nitrogens with zero attached hydrogens (tertiary/aromatic N) is 1. The summed E-state index contributed by atoms with van der Waals surface area (Å²) in [5.74, 6) is 2.20. The highest BCUT2D eigenvalue weighted by atomic mass is 35.5. The van der Waals surface area contributed by atoms with Crippen LogP contribution in [0.2, 0.25) is 0 Å². The molecule has 3 heterocycles. The molecule has 0 fully saturated rings. The maximum absolute atomic E-state index is 11.8. The van der Waals surface area contributed by atoms with E-state index in [4.69, 9.17) is 8.83 Å². The van der Waals surface area contributed by atoms with Crippen molar-refractivity contribution in [1.29, 1.82) is 0 Å². The third kappa shape index (κ3) is 4.50.